The molecule has 0 aliphatic heterocycles. The first kappa shape index (κ1) is 12.8. The molecule has 1 aromatic carbocycles. The second-order valence-electron chi connectivity index (χ2n) is 3.82. The summed E-state index contributed by atoms with van der Waals surface area (Å²) in [6.45, 7) is 1.98. The molecular weight excluding hydrogens is 204 g/mol. The molecule has 90 valence electrons. The first-order chi connectivity index (χ1) is 7.69. The Hall–Kier alpha value is -1.22. The Morgan fingerprint density at radius 3 is 2.12 bits per heavy atom. The summed E-state index contributed by atoms with van der Waals surface area (Å²) in [4.78, 5) is 0. The number of hydrogen-bond acceptors (Lipinski definition) is 3. The Balaban J connectivity index is 2.71. The second kappa shape index (κ2) is 6.38. The van der Waals surface area contributed by atoms with Gasteiger partial charge in [-0.2, -0.15) is 0 Å². The molecule has 0 aromatic heterocycles. The number of ether oxygens (including phenoxy) is 2. The van der Waals surface area contributed by atoms with Gasteiger partial charge in [0, 0.05) is 6.07 Å². The van der Waals surface area contributed by atoms with Crippen LogP contribution in [0.1, 0.15) is 25.3 Å². The Labute approximate surface area is 97.0 Å². The summed E-state index contributed by atoms with van der Waals surface area (Å²) >= 11 is 0. The standard InChI is InChI=1S/C13H20O3/c1-4-11(14)6-5-10-7-12(15-2)9-13(8-10)16-3/h7-9,11,14H,4-6H2,1-3H3. The summed E-state index contributed by atoms with van der Waals surface area (Å²) in [5, 5.41) is 9.51. The van der Waals surface area contributed by atoms with Gasteiger partial charge in [0.15, 0.2) is 0 Å². The third-order valence-corrected chi connectivity index (χ3v) is 2.65. The highest BCUT2D eigenvalue weighted by atomic mass is 16.5. The molecule has 1 atom stereocenters. The Morgan fingerprint density at radius 1 is 1.12 bits per heavy atom. The van der Waals surface area contributed by atoms with E-state index in [0.717, 1.165) is 36.3 Å². The fraction of sp³-hybridized carbons (Fsp3) is 0.538. The fourth-order valence-electron chi connectivity index (χ4n) is 1.55. The molecule has 0 spiro atoms. The molecule has 3 heteroatoms. The predicted octanol–water partition coefficient (Wildman–Crippen LogP) is 2.41. The van der Waals surface area contributed by atoms with E-state index >= 15 is 0 Å². The van der Waals surface area contributed by atoms with E-state index in [4.69, 9.17) is 9.47 Å². The van der Waals surface area contributed by atoms with E-state index in [0.29, 0.717) is 0 Å². The van der Waals surface area contributed by atoms with E-state index < -0.39 is 0 Å². The minimum atomic E-state index is -0.225. The van der Waals surface area contributed by atoms with Crippen LogP contribution in [-0.2, 0) is 6.42 Å². The van der Waals surface area contributed by atoms with Crippen LogP contribution in [0.3, 0.4) is 0 Å². The van der Waals surface area contributed by atoms with Gasteiger partial charge in [0.2, 0.25) is 0 Å². The zero-order chi connectivity index (χ0) is 12.0. The number of hydrogen-bond donors (Lipinski definition) is 1. The van der Waals surface area contributed by atoms with Gasteiger partial charge in [0.05, 0.1) is 20.3 Å². The normalized spacial score (nSPS) is 12.2. The average Bonchev–Trinajstić information content (AvgIpc) is 2.35. The molecule has 0 aliphatic rings. The summed E-state index contributed by atoms with van der Waals surface area (Å²) in [7, 11) is 3.28. The lowest BCUT2D eigenvalue weighted by Crippen LogP contribution is -2.05. The van der Waals surface area contributed by atoms with Crippen LogP contribution in [0.25, 0.3) is 0 Å². The highest BCUT2D eigenvalue weighted by Crippen LogP contribution is 2.23. The summed E-state index contributed by atoms with van der Waals surface area (Å²) < 4.78 is 10.4. The lowest BCUT2D eigenvalue weighted by atomic mass is 10.0. The zero-order valence-corrected chi connectivity index (χ0v) is 10.2. The topological polar surface area (TPSA) is 38.7 Å². The molecule has 0 radical (unpaired) electrons. The van der Waals surface area contributed by atoms with Crippen molar-refractivity contribution in [1.82, 2.24) is 0 Å². The van der Waals surface area contributed by atoms with Crippen molar-refractivity contribution < 1.29 is 14.6 Å². The quantitative estimate of drug-likeness (QED) is 0.806. The minimum Gasteiger partial charge on any atom is -0.497 e. The van der Waals surface area contributed by atoms with Crippen LogP contribution in [0.5, 0.6) is 11.5 Å². The van der Waals surface area contributed by atoms with E-state index in [-0.39, 0.29) is 6.10 Å². The molecule has 0 aliphatic carbocycles. The Bertz CT molecular complexity index is 301. The van der Waals surface area contributed by atoms with Crippen LogP contribution in [0.4, 0.5) is 0 Å². The van der Waals surface area contributed by atoms with E-state index in [1.54, 1.807) is 14.2 Å². The van der Waals surface area contributed by atoms with Gasteiger partial charge < -0.3 is 14.6 Å². The van der Waals surface area contributed by atoms with Gasteiger partial charge in [-0.25, -0.2) is 0 Å². The minimum absolute atomic E-state index is 0.225. The van der Waals surface area contributed by atoms with Crippen molar-refractivity contribution in [2.24, 2.45) is 0 Å². The third kappa shape index (κ3) is 3.74. The molecule has 1 rings (SSSR count). The van der Waals surface area contributed by atoms with E-state index in [1.165, 1.54) is 0 Å². The second-order valence-corrected chi connectivity index (χ2v) is 3.82. The van der Waals surface area contributed by atoms with Gasteiger partial charge in [-0.15, -0.1) is 0 Å². The fourth-order valence-corrected chi connectivity index (χ4v) is 1.55. The van der Waals surface area contributed by atoms with Crippen molar-refractivity contribution in [1.29, 1.82) is 0 Å². The molecule has 1 N–H and O–H groups in total. The predicted molar refractivity (Wildman–Crippen MR) is 64.2 cm³/mol. The van der Waals surface area contributed by atoms with Crippen LogP contribution >= 0.6 is 0 Å². The smallest absolute Gasteiger partial charge is 0.122 e. The SMILES string of the molecule is CCC(O)CCc1cc(OC)cc(OC)c1. The number of benzene rings is 1. The average molecular weight is 224 g/mol. The largest absolute Gasteiger partial charge is 0.497 e. The van der Waals surface area contributed by atoms with E-state index in [1.807, 2.05) is 25.1 Å². The molecule has 0 saturated heterocycles. The van der Waals surface area contributed by atoms with Crippen molar-refractivity contribution in [2.45, 2.75) is 32.3 Å². The van der Waals surface area contributed by atoms with Gasteiger partial charge in [-0.1, -0.05) is 6.92 Å². The maximum absolute atomic E-state index is 9.51. The van der Waals surface area contributed by atoms with Crippen LogP contribution in [-0.4, -0.2) is 25.4 Å². The van der Waals surface area contributed by atoms with Crippen LogP contribution in [0, 0.1) is 0 Å². The number of rotatable bonds is 6. The molecule has 16 heavy (non-hydrogen) atoms. The molecule has 0 bridgehead atoms. The van der Waals surface area contributed by atoms with E-state index in [2.05, 4.69) is 0 Å². The molecule has 1 unspecified atom stereocenters. The zero-order valence-electron chi connectivity index (χ0n) is 10.2. The number of methoxy groups -OCH3 is 2. The summed E-state index contributed by atoms with van der Waals surface area (Å²) in [5.41, 5.74) is 1.13. The monoisotopic (exact) mass is 224 g/mol. The van der Waals surface area contributed by atoms with Gasteiger partial charge in [0.25, 0.3) is 0 Å². The molecule has 3 nitrogen and oxygen atoms in total. The summed E-state index contributed by atoms with van der Waals surface area (Å²) in [6.07, 6.45) is 2.17. The molecular formula is C13H20O3. The van der Waals surface area contributed by atoms with Crippen molar-refractivity contribution in [3.8, 4) is 11.5 Å². The molecule has 0 saturated carbocycles. The molecule has 0 fully saturated rings. The van der Waals surface area contributed by atoms with Gasteiger partial charge in [0.1, 0.15) is 11.5 Å². The first-order valence-corrected chi connectivity index (χ1v) is 5.59. The van der Waals surface area contributed by atoms with Crippen molar-refractivity contribution >= 4 is 0 Å². The maximum Gasteiger partial charge on any atom is 0.122 e. The highest BCUT2D eigenvalue weighted by Gasteiger charge is 2.05. The first-order valence-electron chi connectivity index (χ1n) is 5.59. The van der Waals surface area contributed by atoms with Crippen molar-refractivity contribution in [3.63, 3.8) is 0 Å². The van der Waals surface area contributed by atoms with Crippen molar-refractivity contribution in [2.75, 3.05) is 14.2 Å². The third-order valence-electron chi connectivity index (χ3n) is 2.65. The lowest BCUT2D eigenvalue weighted by molar-refractivity contribution is 0.160. The van der Waals surface area contributed by atoms with Crippen molar-refractivity contribution in [3.05, 3.63) is 23.8 Å². The van der Waals surface area contributed by atoms with Crippen LogP contribution in [0.2, 0.25) is 0 Å². The highest BCUT2D eigenvalue weighted by molar-refractivity contribution is 5.38. The van der Waals surface area contributed by atoms with Gasteiger partial charge >= 0.3 is 0 Å². The summed E-state index contributed by atoms with van der Waals surface area (Å²) in [5.74, 6) is 1.58. The number of aryl methyl sites for hydroxylation is 1. The van der Waals surface area contributed by atoms with Crippen LogP contribution < -0.4 is 9.47 Å². The number of aliphatic hydroxyl groups is 1. The molecule has 0 heterocycles. The lowest BCUT2D eigenvalue weighted by Gasteiger charge is -2.10. The maximum atomic E-state index is 9.51. The van der Waals surface area contributed by atoms with Crippen LogP contribution in [0.15, 0.2) is 18.2 Å². The van der Waals surface area contributed by atoms with Gasteiger partial charge in [-0.05, 0) is 37.0 Å². The number of aliphatic hydroxyl groups excluding tert-OH is 1. The Kier molecular flexibility index (Phi) is 5.12. The molecule has 0 amide bonds. The summed E-state index contributed by atoms with van der Waals surface area (Å²) in [6, 6.07) is 5.80. The Morgan fingerprint density at radius 2 is 1.69 bits per heavy atom. The van der Waals surface area contributed by atoms with Gasteiger partial charge in [-0.3, -0.25) is 0 Å². The van der Waals surface area contributed by atoms with E-state index in [9.17, 15) is 5.11 Å². The molecule has 1 aromatic rings.